The molecule has 8 heteroatoms. The molecule has 4 rings (SSSR count). The third-order valence-corrected chi connectivity index (χ3v) is 8.21. The molecule has 6 nitrogen and oxygen atoms in total. The van der Waals surface area contributed by atoms with Gasteiger partial charge in [0.2, 0.25) is 0 Å². The summed E-state index contributed by atoms with van der Waals surface area (Å²) >= 11 is 7.91. The minimum absolute atomic E-state index is 0.177. The molecule has 0 unspecified atom stereocenters. The van der Waals surface area contributed by atoms with Crippen molar-refractivity contribution in [2.45, 2.75) is 33.2 Å². The van der Waals surface area contributed by atoms with Crippen molar-refractivity contribution in [3.05, 3.63) is 62.7 Å². The molecule has 0 radical (unpaired) electrons. The zero-order chi connectivity index (χ0) is 25.0. The molecule has 2 N–H and O–H groups in total. The number of H-pyrrole nitrogens is 1. The molecule has 0 saturated carbocycles. The highest BCUT2D eigenvalue weighted by molar-refractivity contribution is 7.17. The van der Waals surface area contributed by atoms with Crippen molar-refractivity contribution in [2.75, 3.05) is 14.2 Å². The van der Waals surface area contributed by atoms with E-state index in [0.29, 0.717) is 21.0 Å². The van der Waals surface area contributed by atoms with Crippen molar-refractivity contribution >= 4 is 50.0 Å². The fourth-order valence-electron chi connectivity index (χ4n) is 4.60. The van der Waals surface area contributed by atoms with Gasteiger partial charge in [-0.3, -0.25) is 4.79 Å². The minimum atomic E-state index is -0.990. The number of halogens is 1. The van der Waals surface area contributed by atoms with Gasteiger partial charge in [0.15, 0.2) is 0 Å². The number of hydrogen-bond acceptors (Lipinski definition) is 4. The van der Waals surface area contributed by atoms with Crippen LogP contribution in [0.25, 0.3) is 32.1 Å². The van der Waals surface area contributed by atoms with Crippen LogP contribution < -0.4 is 10.3 Å². The van der Waals surface area contributed by atoms with Gasteiger partial charge < -0.3 is 19.7 Å². The molecule has 0 bridgehead atoms. The number of amides is 1. The second-order valence-electron chi connectivity index (χ2n) is 9.54. The van der Waals surface area contributed by atoms with E-state index in [0.717, 1.165) is 27.5 Å². The smallest absolute Gasteiger partial charge is 0.407 e. The van der Waals surface area contributed by atoms with Crippen LogP contribution in [0.4, 0.5) is 4.79 Å². The quantitative estimate of drug-likeness (QED) is 0.319. The monoisotopic (exact) mass is 498 g/mol. The SMILES string of the molecule is COc1cc(Cl)c2[nH]c(=O)c3sccc3c2c1-c1ccc([C@](C)(N(C)C(=O)O)C(C)(C)C)cc1. The summed E-state index contributed by atoms with van der Waals surface area (Å²) in [5, 5.41) is 13.7. The van der Waals surface area contributed by atoms with Crippen molar-refractivity contribution in [3.8, 4) is 16.9 Å². The van der Waals surface area contributed by atoms with Crippen LogP contribution in [0.15, 0.2) is 46.6 Å². The molecular weight excluding hydrogens is 472 g/mol. The number of carbonyl (C=O) groups is 1. The van der Waals surface area contributed by atoms with Crippen LogP contribution in [0.1, 0.15) is 33.3 Å². The van der Waals surface area contributed by atoms with Gasteiger partial charge in [0.05, 0.1) is 23.2 Å². The predicted octanol–water partition coefficient (Wildman–Crippen LogP) is 6.94. The predicted molar refractivity (Wildman–Crippen MR) is 140 cm³/mol. The normalized spacial score (nSPS) is 13.7. The molecule has 0 aliphatic carbocycles. The Bertz CT molecular complexity index is 1470. The van der Waals surface area contributed by atoms with E-state index in [4.69, 9.17) is 16.3 Å². The second kappa shape index (κ2) is 8.32. The van der Waals surface area contributed by atoms with Gasteiger partial charge in [-0.25, -0.2) is 4.79 Å². The summed E-state index contributed by atoms with van der Waals surface area (Å²) in [7, 11) is 3.19. The van der Waals surface area contributed by atoms with Gasteiger partial charge in [0.25, 0.3) is 5.56 Å². The number of carboxylic acid groups (broad SMARTS) is 1. The van der Waals surface area contributed by atoms with Gasteiger partial charge in [-0.15, -0.1) is 11.3 Å². The Morgan fingerprint density at radius 2 is 1.79 bits per heavy atom. The fourth-order valence-corrected chi connectivity index (χ4v) is 5.64. The fraction of sp³-hybridized carbons (Fsp3) is 0.308. The number of aromatic nitrogens is 1. The summed E-state index contributed by atoms with van der Waals surface area (Å²) in [6, 6.07) is 11.5. The number of pyridine rings is 1. The number of ether oxygens (including phenoxy) is 1. The van der Waals surface area contributed by atoms with E-state index in [1.54, 1.807) is 20.2 Å². The van der Waals surface area contributed by atoms with E-state index in [1.165, 1.54) is 16.2 Å². The maximum Gasteiger partial charge on any atom is 0.407 e. The molecule has 0 spiro atoms. The average Bonchev–Trinajstić information content (AvgIpc) is 3.28. The lowest BCUT2D eigenvalue weighted by Gasteiger charge is -2.47. The molecule has 4 aromatic rings. The molecule has 2 aromatic heterocycles. The Morgan fingerprint density at radius 1 is 1.15 bits per heavy atom. The molecule has 1 amide bonds. The van der Waals surface area contributed by atoms with Gasteiger partial charge in [-0.2, -0.15) is 0 Å². The van der Waals surface area contributed by atoms with Crippen LogP contribution in [0.5, 0.6) is 5.75 Å². The lowest BCUT2D eigenvalue weighted by Crippen LogP contribution is -2.52. The number of thiophene rings is 1. The van der Waals surface area contributed by atoms with Gasteiger partial charge in [-0.05, 0) is 34.9 Å². The third kappa shape index (κ3) is 3.54. The first kappa shape index (κ1) is 24.1. The standard InChI is InChI=1S/C26H27ClN2O4S/c1-25(2,3)26(4,29(5)24(31)32)15-9-7-14(8-10-15)19-18(33-6)13-17(27)21-20(19)16-11-12-34-22(16)23(30)28-21/h7-13H,1-6H3,(H,28,30)(H,31,32)/t26-/m0/s1. The van der Waals surface area contributed by atoms with E-state index in [9.17, 15) is 14.7 Å². The first-order valence-electron chi connectivity index (χ1n) is 10.8. The van der Waals surface area contributed by atoms with Crippen LogP contribution in [-0.4, -0.2) is 35.2 Å². The molecule has 1 atom stereocenters. The van der Waals surface area contributed by atoms with Crippen molar-refractivity contribution in [1.29, 1.82) is 0 Å². The highest BCUT2D eigenvalue weighted by Gasteiger charge is 2.44. The Labute approximate surface area is 206 Å². The van der Waals surface area contributed by atoms with Gasteiger partial charge in [0, 0.05) is 29.4 Å². The lowest BCUT2D eigenvalue weighted by atomic mass is 9.69. The second-order valence-corrected chi connectivity index (χ2v) is 10.9. The first-order chi connectivity index (χ1) is 15.9. The number of nitrogens with zero attached hydrogens (tertiary/aromatic N) is 1. The molecule has 0 aliphatic rings. The Kier molecular flexibility index (Phi) is 5.90. The summed E-state index contributed by atoms with van der Waals surface area (Å²) in [6.07, 6.45) is -0.990. The Balaban J connectivity index is 2.00. The highest BCUT2D eigenvalue weighted by Crippen LogP contribution is 2.46. The maximum absolute atomic E-state index is 12.6. The van der Waals surface area contributed by atoms with Crippen LogP contribution in [0.3, 0.4) is 0 Å². The molecule has 178 valence electrons. The van der Waals surface area contributed by atoms with Gasteiger partial charge in [-0.1, -0.05) is 56.6 Å². The molecule has 2 heterocycles. The number of rotatable bonds is 4. The van der Waals surface area contributed by atoms with Crippen molar-refractivity contribution in [3.63, 3.8) is 0 Å². The van der Waals surface area contributed by atoms with Gasteiger partial charge >= 0.3 is 6.09 Å². The maximum atomic E-state index is 12.6. The Hall–Kier alpha value is -3.03. The lowest BCUT2D eigenvalue weighted by molar-refractivity contribution is 0.0279. The van der Waals surface area contributed by atoms with Crippen molar-refractivity contribution in [1.82, 2.24) is 9.88 Å². The van der Waals surface area contributed by atoms with E-state index >= 15 is 0 Å². The van der Waals surface area contributed by atoms with Gasteiger partial charge in [0.1, 0.15) is 10.4 Å². The van der Waals surface area contributed by atoms with E-state index in [1.807, 2.05) is 63.4 Å². The summed E-state index contributed by atoms with van der Waals surface area (Å²) in [5.74, 6) is 0.589. The largest absolute Gasteiger partial charge is 0.496 e. The summed E-state index contributed by atoms with van der Waals surface area (Å²) < 4.78 is 6.33. The molecule has 0 saturated heterocycles. The molecule has 0 fully saturated rings. The van der Waals surface area contributed by atoms with Crippen molar-refractivity contribution in [2.24, 2.45) is 5.41 Å². The average molecular weight is 499 g/mol. The highest BCUT2D eigenvalue weighted by atomic mass is 35.5. The van der Waals surface area contributed by atoms with Crippen LogP contribution in [-0.2, 0) is 5.54 Å². The van der Waals surface area contributed by atoms with E-state index in [2.05, 4.69) is 4.98 Å². The number of nitrogens with one attached hydrogen (secondary N) is 1. The van der Waals surface area contributed by atoms with Crippen LogP contribution >= 0.6 is 22.9 Å². The molecule has 0 aliphatic heterocycles. The zero-order valence-electron chi connectivity index (χ0n) is 19.9. The van der Waals surface area contributed by atoms with E-state index in [-0.39, 0.29) is 11.0 Å². The number of benzene rings is 2. The van der Waals surface area contributed by atoms with Crippen molar-refractivity contribution < 1.29 is 14.6 Å². The minimum Gasteiger partial charge on any atom is -0.496 e. The topological polar surface area (TPSA) is 82.6 Å². The molecule has 34 heavy (non-hydrogen) atoms. The molecule has 2 aromatic carbocycles. The summed E-state index contributed by atoms with van der Waals surface area (Å²) in [4.78, 5) is 28.8. The van der Waals surface area contributed by atoms with Crippen LogP contribution in [0, 0.1) is 5.41 Å². The summed E-state index contributed by atoms with van der Waals surface area (Å²) in [5.41, 5.74) is 1.81. The Morgan fingerprint density at radius 3 is 2.35 bits per heavy atom. The third-order valence-electron chi connectivity index (χ3n) is 7.00. The first-order valence-corrected chi connectivity index (χ1v) is 12.0. The number of hydrogen-bond donors (Lipinski definition) is 2. The van der Waals surface area contributed by atoms with Crippen LogP contribution in [0.2, 0.25) is 5.02 Å². The number of aromatic amines is 1. The number of fused-ring (bicyclic) bond motifs is 3. The van der Waals surface area contributed by atoms with E-state index < -0.39 is 11.6 Å². The summed E-state index contributed by atoms with van der Waals surface area (Å²) in [6.45, 7) is 8.02. The number of methoxy groups -OCH3 is 1. The molecular formula is C26H27ClN2O4S. The zero-order valence-corrected chi connectivity index (χ0v) is 21.5.